The maximum atomic E-state index is 13.5. The van der Waals surface area contributed by atoms with Gasteiger partial charge >= 0.3 is 0 Å². The minimum atomic E-state index is -4.12. The highest BCUT2D eigenvalue weighted by molar-refractivity contribution is 7.92. The molecule has 0 radical (unpaired) electrons. The predicted octanol–water partition coefficient (Wildman–Crippen LogP) is 5.18. The van der Waals surface area contributed by atoms with Crippen molar-refractivity contribution in [2.24, 2.45) is 5.10 Å². The van der Waals surface area contributed by atoms with Crippen LogP contribution in [0.15, 0.2) is 107 Å². The molecule has 0 spiro atoms. The molecule has 11 nitrogen and oxygen atoms in total. The van der Waals surface area contributed by atoms with Crippen LogP contribution in [0.4, 0.5) is 11.4 Å². The van der Waals surface area contributed by atoms with E-state index in [1.54, 1.807) is 36.4 Å². The molecule has 42 heavy (non-hydrogen) atoms. The lowest BCUT2D eigenvalue weighted by Crippen LogP contribution is -2.39. The number of amides is 1. The fourth-order valence-corrected chi connectivity index (χ4v) is 5.22. The van der Waals surface area contributed by atoms with E-state index in [0.29, 0.717) is 22.1 Å². The van der Waals surface area contributed by atoms with Gasteiger partial charge in [-0.3, -0.25) is 19.2 Å². The summed E-state index contributed by atoms with van der Waals surface area (Å²) < 4.78 is 38.7. The van der Waals surface area contributed by atoms with Gasteiger partial charge in [-0.15, -0.1) is 0 Å². The van der Waals surface area contributed by atoms with Gasteiger partial charge in [-0.2, -0.15) is 5.10 Å². The number of sulfonamides is 1. The van der Waals surface area contributed by atoms with E-state index in [-0.39, 0.29) is 22.9 Å². The van der Waals surface area contributed by atoms with Crippen LogP contribution in [-0.4, -0.2) is 39.1 Å². The molecular weight excluding hydrogens is 584 g/mol. The summed E-state index contributed by atoms with van der Waals surface area (Å²) in [6.45, 7) is -0.312. The molecule has 4 aromatic carbocycles. The highest BCUT2D eigenvalue weighted by Crippen LogP contribution is 2.26. The van der Waals surface area contributed by atoms with E-state index in [2.05, 4.69) is 10.5 Å². The first-order valence-corrected chi connectivity index (χ1v) is 14.2. The molecule has 0 heterocycles. The second-order valence-corrected chi connectivity index (χ2v) is 11.0. The lowest BCUT2D eigenvalue weighted by Gasteiger charge is -2.23. The van der Waals surface area contributed by atoms with Crippen LogP contribution in [0.1, 0.15) is 11.1 Å². The average Bonchev–Trinajstić information content (AvgIpc) is 3.00. The van der Waals surface area contributed by atoms with Crippen molar-refractivity contribution in [3.05, 3.63) is 123 Å². The van der Waals surface area contributed by atoms with E-state index in [0.717, 1.165) is 9.87 Å². The normalized spacial score (nSPS) is 11.2. The number of benzene rings is 4. The Morgan fingerprint density at radius 2 is 1.57 bits per heavy atom. The van der Waals surface area contributed by atoms with E-state index in [1.165, 1.54) is 74.0 Å². The van der Waals surface area contributed by atoms with Crippen LogP contribution >= 0.6 is 11.6 Å². The standard InChI is InChI=1S/C29H25ClN4O7S/c1-40-26-14-16-28(17-15-26)42(38,39)33(24-10-6-23(30)7-11-24)19-29(35)32-31-18-21-4-12-27(13-5-21)41-20-22-2-8-25(9-3-22)34(36)37/h2-18H,19-20H2,1H3,(H,32,35)/b31-18+. The van der Waals surface area contributed by atoms with Crippen molar-refractivity contribution in [1.29, 1.82) is 0 Å². The third-order valence-corrected chi connectivity index (χ3v) is 7.92. The Morgan fingerprint density at radius 1 is 0.952 bits per heavy atom. The number of hydrazone groups is 1. The van der Waals surface area contributed by atoms with E-state index in [9.17, 15) is 23.3 Å². The zero-order valence-corrected chi connectivity index (χ0v) is 23.8. The van der Waals surface area contributed by atoms with Crippen molar-refractivity contribution in [3.8, 4) is 11.5 Å². The maximum Gasteiger partial charge on any atom is 0.269 e. The molecule has 0 saturated heterocycles. The zero-order valence-electron chi connectivity index (χ0n) is 22.2. The number of nitro groups is 1. The fourth-order valence-electron chi connectivity index (χ4n) is 3.67. The van der Waals surface area contributed by atoms with Crippen LogP contribution in [0.25, 0.3) is 0 Å². The van der Waals surface area contributed by atoms with Crippen LogP contribution < -0.4 is 19.2 Å². The van der Waals surface area contributed by atoms with Crippen LogP contribution in [0.2, 0.25) is 5.02 Å². The Morgan fingerprint density at radius 3 is 2.17 bits per heavy atom. The third-order valence-electron chi connectivity index (χ3n) is 5.88. The lowest BCUT2D eigenvalue weighted by atomic mass is 10.2. The number of carbonyl (C=O) groups excluding carboxylic acids is 1. The molecule has 216 valence electrons. The minimum absolute atomic E-state index is 0.00559. The molecule has 0 bridgehead atoms. The molecule has 4 rings (SSSR count). The van der Waals surface area contributed by atoms with Crippen LogP contribution in [0, 0.1) is 10.1 Å². The van der Waals surface area contributed by atoms with Gasteiger partial charge in [0.1, 0.15) is 24.7 Å². The smallest absolute Gasteiger partial charge is 0.269 e. The molecule has 0 aromatic heterocycles. The van der Waals surface area contributed by atoms with Crippen molar-refractivity contribution in [3.63, 3.8) is 0 Å². The third kappa shape index (κ3) is 7.83. The van der Waals surface area contributed by atoms with Gasteiger partial charge < -0.3 is 9.47 Å². The number of ether oxygens (including phenoxy) is 2. The van der Waals surface area contributed by atoms with Gasteiger partial charge in [-0.25, -0.2) is 13.8 Å². The average molecular weight is 609 g/mol. The Balaban J connectivity index is 1.38. The number of nitro benzene ring substituents is 1. The molecule has 0 atom stereocenters. The first kappa shape index (κ1) is 30.0. The molecule has 1 N–H and O–H groups in total. The van der Waals surface area contributed by atoms with Crippen molar-refractivity contribution in [2.75, 3.05) is 18.0 Å². The Kier molecular flexibility index (Phi) is 9.73. The molecule has 1 amide bonds. The zero-order chi connectivity index (χ0) is 30.1. The number of nitrogens with one attached hydrogen (secondary N) is 1. The number of non-ortho nitro benzene ring substituents is 1. The fraction of sp³-hybridized carbons (Fsp3) is 0.103. The van der Waals surface area contributed by atoms with Crippen LogP contribution in [-0.2, 0) is 21.4 Å². The van der Waals surface area contributed by atoms with Crippen LogP contribution in [0.5, 0.6) is 11.5 Å². The molecule has 0 aliphatic rings. The SMILES string of the molecule is COc1ccc(S(=O)(=O)N(CC(=O)N/N=C/c2ccc(OCc3ccc([N+](=O)[O-])cc3)cc2)c2ccc(Cl)cc2)cc1. The predicted molar refractivity (Wildman–Crippen MR) is 159 cm³/mol. The van der Waals surface area contributed by atoms with E-state index in [1.807, 2.05) is 0 Å². The van der Waals surface area contributed by atoms with Crippen molar-refractivity contribution >= 4 is 45.1 Å². The Hall–Kier alpha value is -4.94. The summed E-state index contributed by atoms with van der Waals surface area (Å²) in [7, 11) is -2.65. The van der Waals surface area contributed by atoms with Gasteiger partial charge in [0.2, 0.25) is 0 Å². The number of hydrogen-bond donors (Lipinski definition) is 1. The highest BCUT2D eigenvalue weighted by atomic mass is 35.5. The molecule has 0 aliphatic carbocycles. The summed E-state index contributed by atoms with van der Waals surface area (Å²) in [4.78, 5) is 23.0. The van der Waals surface area contributed by atoms with Gasteiger partial charge in [-0.05, 0) is 96.1 Å². The first-order chi connectivity index (χ1) is 20.2. The van der Waals surface area contributed by atoms with E-state index < -0.39 is 27.4 Å². The number of methoxy groups -OCH3 is 1. The highest BCUT2D eigenvalue weighted by Gasteiger charge is 2.27. The minimum Gasteiger partial charge on any atom is -0.497 e. The molecule has 0 aliphatic heterocycles. The second-order valence-electron chi connectivity index (χ2n) is 8.74. The molecule has 0 fully saturated rings. The summed E-state index contributed by atoms with van der Waals surface area (Å²) in [5, 5.41) is 15.1. The summed E-state index contributed by atoms with van der Waals surface area (Å²) in [6.07, 6.45) is 1.41. The van der Waals surface area contributed by atoms with Crippen molar-refractivity contribution in [2.45, 2.75) is 11.5 Å². The van der Waals surface area contributed by atoms with Crippen molar-refractivity contribution in [1.82, 2.24) is 5.43 Å². The first-order valence-electron chi connectivity index (χ1n) is 12.4. The van der Waals surface area contributed by atoms with Gasteiger partial charge in [0.25, 0.3) is 21.6 Å². The molecule has 4 aromatic rings. The number of nitrogens with zero attached hydrogens (tertiary/aromatic N) is 3. The number of carbonyl (C=O) groups is 1. The van der Waals surface area contributed by atoms with E-state index >= 15 is 0 Å². The van der Waals surface area contributed by atoms with Gasteiger partial charge in [-0.1, -0.05) is 11.6 Å². The van der Waals surface area contributed by atoms with Gasteiger partial charge in [0.05, 0.1) is 28.8 Å². The lowest BCUT2D eigenvalue weighted by molar-refractivity contribution is -0.384. The number of hydrogen-bond acceptors (Lipinski definition) is 8. The number of halogens is 1. The van der Waals surface area contributed by atoms with Gasteiger partial charge in [0, 0.05) is 17.2 Å². The Labute approximate surface area is 247 Å². The summed E-state index contributed by atoms with van der Waals surface area (Å²) in [6, 6.07) is 24.8. The van der Waals surface area contributed by atoms with E-state index in [4.69, 9.17) is 21.1 Å². The number of rotatable bonds is 12. The topological polar surface area (TPSA) is 140 Å². The summed E-state index contributed by atoms with van der Waals surface area (Å²) >= 11 is 5.97. The largest absolute Gasteiger partial charge is 0.497 e. The maximum absolute atomic E-state index is 13.5. The molecule has 13 heteroatoms. The van der Waals surface area contributed by atoms with Gasteiger partial charge in [0.15, 0.2) is 0 Å². The summed E-state index contributed by atoms with van der Waals surface area (Å²) in [5.74, 6) is 0.390. The molecule has 0 saturated carbocycles. The van der Waals surface area contributed by atoms with Crippen LogP contribution in [0.3, 0.4) is 0 Å². The Bertz CT molecular complexity index is 1660. The molecular formula is C29H25ClN4O7S. The second kappa shape index (κ2) is 13.6. The quantitative estimate of drug-likeness (QED) is 0.133. The van der Waals surface area contributed by atoms with Crippen molar-refractivity contribution < 1.29 is 27.6 Å². The summed E-state index contributed by atoms with van der Waals surface area (Å²) in [5.41, 5.74) is 4.04. The monoisotopic (exact) mass is 608 g/mol. The number of anilines is 1. The molecule has 0 unspecified atom stereocenters.